The Hall–Kier alpha value is -4.94. The molecule has 46 heavy (non-hydrogen) atoms. The van der Waals surface area contributed by atoms with E-state index in [1.807, 2.05) is 45.8 Å². The first-order valence-electron chi connectivity index (χ1n) is 15.1. The number of aliphatic hydroxyl groups is 1. The molecule has 0 spiro atoms. The summed E-state index contributed by atoms with van der Waals surface area (Å²) in [4.78, 5) is 18.6. The number of fused-ring (bicyclic) bond motifs is 2. The quantitative estimate of drug-likeness (QED) is 0.107. The predicted molar refractivity (Wildman–Crippen MR) is 178 cm³/mol. The number of imidazole rings is 1. The Balaban J connectivity index is 1.35. The third-order valence-electron chi connectivity index (χ3n) is 7.57. The van der Waals surface area contributed by atoms with Crippen LogP contribution in [0.5, 0.6) is 0 Å². The van der Waals surface area contributed by atoms with Gasteiger partial charge in [0.05, 0.1) is 28.3 Å². The summed E-state index contributed by atoms with van der Waals surface area (Å²) in [5.41, 5.74) is 5.09. The number of halogens is 2. The fourth-order valence-electron chi connectivity index (χ4n) is 5.49. The van der Waals surface area contributed by atoms with Gasteiger partial charge in [0.15, 0.2) is 11.5 Å². The molecule has 2 aromatic carbocycles. The van der Waals surface area contributed by atoms with Crippen LogP contribution in [-0.2, 0) is 0 Å². The lowest BCUT2D eigenvalue weighted by Crippen LogP contribution is -2.25. The zero-order valence-electron chi connectivity index (χ0n) is 26.4. The van der Waals surface area contributed by atoms with Gasteiger partial charge in [-0.1, -0.05) is 20.8 Å². The molecule has 0 radical (unpaired) electrons. The van der Waals surface area contributed by atoms with Crippen LogP contribution in [-0.4, -0.2) is 73.6 Å². The number of aromatic amines is 2. The van der Waals surface area contributed by atoms with Crippen LogP contribution in [0.15, 0.2) is 61.1 Å². The molecule has 0 aliphatic heterocycles. The number of benzene rings is 2. The van der Waals surface area contributed by atoms with Gasteiger partial charge in [-0.2, -0.15) is 5.10 Å². The smallest absolute Gasteiger partial charge is 0.178 e. The largest absolute Gasteiger partial charge is 0.384 e. The molecule has 6 rings (SSSR count). The van der Waals surface area contributed by atoms with Gasteiger partial charge in [0.2, 0.25) is 0 Å². The van der Waals surface area contributed by atoms with Crippen molar-refractivity contribution in [3.8, 4) is 33.8 Å². The first-order chi connectivity index (χ1) is 21.9. The van der Waals surface area contributed by atoms with Crippen molar-refractivity contribution in [1.29, 1.82) is 0 Å². The maximum atomic E-state index is 16.3. The van der Waals surface area contributed by atoms with Gasteiger partial charge in [-0.15, -0.1) is 0 Å². The highest BCUT2D eigenvalue weighted by molar-refractivity contribution is 5.98. The van der Waals surface area contributed by atoms with Crippen molar-refractivity contribution in [3.63, 3.8) is 0 Å². The molecular formula is C34H37F2N9O. The minimum absolute atomic E-state index is 0.0809. The molecule has 0 fully saturated rings. The van der Waals surface area contributed by atoms with Crippen molar-refractivity contribution < 1.29 is 13.9 Å². The van der Waals surface area contributed by atoms with Gasteiger partial charge < -0.3 is 25.6 Å². The van der Waals surface area contributed by atoms with Crippen LogP contribution < -0.4 is 10.6 Å². The fraction of sp³-hybridized carbons (Fsp3) is 0.294. The molecule has 0 bridgehead atoms. The molecule has 1 unspecified atom stereocenters. The average molecular weight is 626 g/mol. The van der Waals surface area contributed by atoms with Gasteiger partial charge in [0.1, 0.15) is 23.6 Å². The van der Waals surface area contributed by atoms with E-state index in [2.05, 4.69) is 40.8 Å². The van der Waals surface area contributed by atoms with Crippen LogP contribution in [0.3, 0.4) is 0 Å². The van der Waals surface area contributed by atoms with E-state index in [9.17, 15) is 9.50 Å². The van der Waals surface area contributed by atoms with Crippen LogP contribution in [0, 0.1) is 17.0 Å². The van der Waals surface area contributed by atoms with Gasteiger partial charge in [0.25, 0.3) is 0 Å². The number of aliphatic hydroxyl groups excluding tert-OH is 1. The number of hydrogen-bond acceptors (Lipinski definition) is 8. The third kappa shape index (κ3) is 6.68. The second kappa shape index (κ2) is 12.5. The Morgan fingerprint density at radius 1 is 0.978 bits per heavy atom. The van der Waals surface area contributed by atoms with Crippen LogP contribution in [0.25, 0.3) is 55.8 Å². The maximum Gasteiger partial charge on any atom is 0.178 e. The van der Waals surface area contributed by atoms with E-state index in [1.165, 1.54) is 12.1 Å². The number of anilines is 2. The minimum Gasteiger partial charge on any atom is -0.384 e. The zero-order valence-corrected chi connectivity index (χ0v) is 26.4. The molecule has 10 nitrogen and oxygen atoms in total. The molecule has 0 amide bonds. The van der Waals surface area contributed by atoms with Crippen molar-refractivity contribution in [2.45, 2.75) is 33.4 Å². The molecule has 1 atom stereocenters. The van der Waals surface area contributed by atoms with Gasteiger partial charge >= 0.3 is 0 Å². The van der Waals surface area contributed by atoms with E-state index in [0.717, 1.165) is 6.54 Å². The summed E-state index contributed by atoms with van der Waals surface area (Å²) in [7, 11) is 3.96. The summed E-state index contributed by atoms with van der Waals surface area (Å²) in [5, 5.41) is 24.4. The highest BCUT2D eigenvalue weighted by atomic mass is 19.1. The van der Waals surface area contributed by atoms with Crippen molar-refractivity contribution in [1.82, 2.24) is 35.0 Å². The molecule has 0 aliphatic carbocycles. The van der Waals surface area contributed by atoms with E-state index in [-0.39, 0.29) is 22.3 Å². The van der Waals surface area contributed by atoms with Crippen LogP contribution >= 0.6 is 0 Å². The third-order valence-corrected chi connectivity index (χ3v) is 7.57. The Bertz CT molecular complexity index is 2010. The van der Waals surface area contributed by atoms with E-state index in [1.54, 1.807) is 42.9 Å². The highest BCUT2D eigenvalue weighted by Gasteiger charge is 2.22. The number of likely N-dealkylation sites (N-methyl/N-ethyl adjacent to an activating group) is 1. The number of nitrogens with one attached hydrogen (secondary N) is 4. The number of hydrogen-bond donors (Lipinski definition) is 5. The number of nitrogens with zero attached hydrogens (tertiary/aromatic N) is 5. The summed E-state index contributed by atoms with van der Waals surface area (Å²) in [5.74, 6) is -0.556. The van der Waals surface area contributed by atoms with Crippen LogP contribution in [0.1, 0.15) is 27.2 Å². The predicted octanol–water partition coefficient (Wildman–Crippen LogP) is 6.65. The summed E-state index contributed by atoms with van der Waals surface area (Å²) >= 11 is 0. The molecule has 0 aliphatic rings. The monoisotopic (exact) mass is 625 g/mol. The fourth-order valence-corrected chi connectivity index (χ4v) is 5.49. The topological polar surface area (TPSA) is 131 Å². The summed E-state index contributed by atoms with van der Waals surface area (Å²) in [6.07, 6.45) is 4.52. The number of rotatable bonds is 10. The maximum absolute atomic E-state index is 16.3. The highest BCUT2D eigenvalue weighted by Crippen LogP contribution is 2.36. The molecule has 6 aromatic rings. The summed E-state index contributed by atoms with van der Waals surface area (Å²) in [6.45, 7) is 7.59. The number of aromatic nitrogens is 6. The van der Waals surface area contributed by atoms with Crippen LogP contribution in [0.2, 0.25) is 0 Å². The zero-order chi connectivity index (χ0) is 32.6. The van der Waals surface area contributed by atoms with Gasteiger partial charge in [-0.25, -0.2) is 18.7 Å². The lowest BCUT2D eigenvalue weighted by atomic mass is 9.91. The van der Waals surface area contributed by atoms with Gasteiger partial charge in [-0.05, 0) is 74.0 Å². The molecule has 4 heterocycles. The number of pyridine rings is 2. The van der Waals surface area contributed by atoms with Crippen molar-refractivity contribution in [2.24, 2.45) is 5.41 Å². The molecular weight excluding hydrogens is 588 g/mol. The average Bonchev–Trinajstić information content (AvgIpc) is 3.61. The van der Waals surface area contributed by atoms with E-state index < -0.39 is 12.0 Å². The standard InChI is InChI=1S/C34H37F2N9O/c1-34(2,3)16-27(46)40-23-14-20(17-37-18-23)24-6-7-26-28(29(24)36)31(44-43-26)33-41-30-25(8-9-39-32(30)42-33)19-12-21(35)15-22(13-19)38-10-11-45(4)5/h6-9,12-15,17-18,27,38,40,46H,10-11,16H2,1-5H3,(H,43,44)(H,39,41,42). The molecule has 238 valence electrons. The lowest BCUT2D eigenvalue weighted by molar-refractivity contribution is 0.145. The van der Waals surface area contributed by atoms with Gasteiger partial charge in [-0.3, -0.25) is 10.1 Å². The van der Waals surface area contributed by atoms with Crippen molar-refractivity contribution in [2.75, 3.05) is 37.8 Å². The first-order valence-corrected chi connectivity index (χ1v) is 15.1. The molecule has 5 N–H and O–H groups in total. The van der Waals surface area contributed by atoms with Crippen molar-refractivity contribution in [3.05, 3.63) is 72.7 Å². The molecule has 0 saturated carbocycles. The Labute approximate surface area is 265 Å². The second-order valence-corrected chi connectivity index (χ2v) is 12.9. The Kier molecular flexibility index (Phi) is 8.41. The molecule has 12 heteroatoms. The minimum atomic E-state index is -0.783. The number of H-pyrrole nitrogens is 2. The van der Waals surface area contributed by atoms with Crippen molar-refractivity contribution >= 4 is 33.4 Å². The molecule has 0 saturated heterocycles. The van der Waals surface area contributed by atoms with E-state index in [0.29, 0.717) is 69.1 Å². The Morgan fingerprint density at radius 3 is 2.57 bits per heavy atom. The Morgan fingerprint density at radius 2 is 1.78 bits per heavy atom. The molecule has 4 aromatic heterocycles. The van der Waals surface area contributed by atoms with E-state index >= 15 is 4.39 Å². The van der Waals surface area contributed by atoms with E-state index in [4.69, 9.17) is 0 Å². The summed E-state index contributed by atoms with van der Waals surface area (Å²) in [6, 6.07) is 11.8. The SMILES string of the molecule is CN(C)CCNc1cc(F)cc(-c2ccnc3nc(-c4n[nH]c5ccc(-c6cncc(NC(O)CC(C)(C)C)c6)c(F)c45)[nH]c23)c1. The normalized spacial score (nSPS) is 12.7. The second-order valence-electron chi connectivity index (χ2n) is 12.9. The van der Waals surface area contributed by atoms with Gasteiger partial charge in [0, 0.05) is 47.9 Å². The summed E-state index contributed by atoms with van der Waals surface area (Å²) < 4.78 is 31.0. The van der Waals surface area contributed by atoms with Crippen LogP contribution in [0.4, 0.5) is 20.2 Å². The first kappa shape index (κ1) is 31.1. The lowest BCUT2D eigenvalue weighted by Gasteiger charge is -2.23.